The SMILES string of the molecule is O=S(=O)(Nc1cccc(F)c1)c1cccc(C#CCO)c1. The van der Waals surface area contributed by atoms with E-state index in [1.54, 1.807) is 12.1 Å². The average Bonchev–Trinajstić information content (AvgIpc) is 2.45. The van der Waals surface area contributed by atoms with Crippen LogP contribution in [-0.4, -0.2) is 20.1 Å². The van der Waals surface area contributed by atoms with E-state index < -0.39 is 15.8 Å². The maximum atomic E-state index is 13.1. The zero-order valence-corrected chi connectivity index (χ0v) is 11.7. The van der Waals surface area contributed by atoms with Crippen molar-refractivity contribution in [1.29, 1.82) is 0 Å². The van der Waals surface area contributed by atoms with Crippen LogP contribution in [0.15, 0.2) is 53.4 Å². The molecule has 0 aromatic heterocycles. The monoisotopic (exact) mass is 305 g/mol. The van der Waals surface area contributed by atoms with E-state index in [-0.39, 0.29) is 17.2 Å². The van der Waals surface area contributed by atoms with Gasteiger partial charge >= 0.3 is 0 Å². The summed E-state index contributed by atoms with van der Waals surface area (Å²) in [6.45, 7) is -0.307. The van der Waals surface area contributed by atoms with Crippen LogP contribution in [0.2, 0.25) is 0 Å². The van der Waals surface area contributed by atoms with Gasteiger partial charge in [-0.25, -0.2) is 12.8 Å². The predicted octanol–water partition coefficient (Wildman–Crippen LogP) is 1.97. The summed E-state index contributed by atoms with van der Waals surface area (Å²) in [7, 11) is -3.82. The molecule has 0 saturated carbocycles. The van der Waals surface area contributed by atoms with Gasteiger partial charge in [0, 0.05) is 5.56 Å². The van der Waals surface area contributed by atoms with Crippen molar-refractivity contribution in [3.8, 4) is 11.8 Å². The maximum Gasteiger partial charge on any atom is 0.261 e. The molecule has 0 saturated heterocycles. The lowest BCUT2D eigenvalue weighted by Crippen LogP contribution is -2.13. The molecule has 0 radical (unpaired) electrons. The van der Waals surface area contributed by atoms with E-state index >= 15 is 0 Å². The van der Waals surface area contributed by atoms with Crippen LogP contribution in [-0.2, 0) is 10.0 Å². The first-order valence-electron chi connectivity index (χ1n) is 5.99. The summed E-state index contributed by atoms with van der Waals surface area (Å²) < 4.78 is 39.8. The fourth-order valence-corrected chi connectivity index (χ4v) is 2.74. The van der Waals surface area contributed by atoms with Crippen molar-refractivity contribution < 1.29 is 17.9 Å². The van der Waals surface area contributed by atoms with E-state index in [1.807, 2.05) is 0 Å². The minimum atomic E-state index is -3.82. The molecule has 0 fully saturated rings. The number of aliphatic hydroxyl groups is 1. The number of benzene rings is 2. The lowest BCUT2D eigenvalue weighted by Gasteiger charge is -2.08. The van der Waals surface area contributed by atoms with Crippen molar-refractivity contribution in [1.82, 2.24) is 0 Å². The fraction of sp³-hybridized carbons (Fsp3) is 0.0667. The molecule has 2 rings (SSSR count). The van der Waals surface area contributed by atoms with E-state index in [4.69, 9.17) is 5.11 Å². The summed E-state index contributed by atoms with van der Waals surface area (Å²) in [5, 5.41) is 8.64. The molecule has 0 aliphatic carbocycles. The van der Waals surface area contributed by atoms with Crippen LogP contribution in [0.25, 0.3) is 0 Å². The zero-order chi connectivity index (χ0) is 15.3. The molecular formula is C15H12FNO3S. The van der Waals surface area contributed by atoms with Gasteiger partial charge in [0.25, 0.3) is 10.0 Å². The Morgan fingerprint density at radius 2 is 1.90 bits per heavy atom. The lowest BCUT2D eigenvalue weighted by atomic mass is 10.2. The molecular weight excluding hydrogens is 293 g/mol. The predicted molar refractivity (Wildman–Crippen MR) is 77.6 cm³/mol. The highest BCUT2D eigenvalue weighted by atomic mass is 32.2. The Hall–Kier alpha value is -2.36. The van der Waals surface area contributed by atoms with Crippen LogP contribution in [0.3, 0.4) is 0 Å². The van der Waals surface area contributed by atoms with Crippen LogP contribution in [0, 0.1) is 17.7 Å². The quantitative estimate of drug-likeness (QED) is 0.852. The molecule has 4 nitrogen and oxygen atoms in total. The van der Waals surface area contributed by atoms with E-state index in [2.05, 4.69) is 16.6 Å². The van der Waals surface area contributed by atoms with Crippen LogP contribution in [0.5, 0.6) is 0 Å². The van der Waals surface area contributed by atoms with E-state index in [9.17, 15) is 12.8 Å². The third-order valence-corrected chi connectivity index (χ3v) is 3.91. The third-order valence-electron chi connectivity index (χ3n) is 2.53. The molecule has 0 aliphatic rings. The average molecular weight is 305 g/mol. The number of halogens is 1. The van der Waals surface area contributed by atoms with Gasteiger partial charge in [-0.2, -0.15) is 0 Å². The molecule has 0 bridgehead atoms. The second kappa shape index (κ2) is 6.39. The Bertz CT molecular complexity index is 807. The van der Waals surface area contributed by atoms with Crippen molar-refractivity contribution >= 4 is 15.7 Å². The fourth-order valence-electron chi connectivity index (χ4n) is 1.65. The van der Waals surface area contributed by atoms with E-state index in [1.165, 1.54) is 30.3 Å². The van der Waals surface area contributed by atoms with Crippen LogP contribution >= 0.6 is 0 Å². The number of aliphatic hydroxyl groups excluding tert-OH is 1. The topological polar surface area (TPSA) is 66.4 Å². The van der Waals surface area contributed by atoms with Crippen molar-refractivity contribution in [3.63, 3.8) is 0 Å². The maximum absolute atomic E-state index is 13.1. The number of nitrogens with one attached hydrogen (secondary N) is 1. The molecule has 0 unspecified atom stereocenters. The van der Waals surface area contributed by atoms with Gasteiger partial charge in [0.15, 0.2) is 0 Å². The van der Waals surface area contributed by atoms with Crippen LogP contribution in [0.1, 0.15) is 5.56 Å². The van der Waals surface area contributed by atoms with Crippen molar-refractivity contribution in [2.24, 2.45) is 0 Å². The van der Waals surface area contributed by atoms with Gasteiger partial charge in [-0.15, -0.1) is 0 Å². The second-order valence-corrected chi connectivity index (χ2v) is 5.79. The molecule has 6 heteroatoms. The number of hydrogen-bond donors (Lipinski definition) is 2. The summed E-state index contributed by atoms with van der Waals surface area (Å²) >= 11 is 0. The largest absolute Gasteiger partial charge is 0.384 e. The number of hydrogen-bond acceptors (Lipinski definition) is 3. The molecule has 0 spiro atoms. The van der Waals surface area contributed by atoms with Gasteiger partial charge in [0.2, 0.25) is 0 Å². The first-order valence-corrected chi connectivity index (χ1v) is 7.48. The Balaban J connectivity index is 2.31. The van der Waals surface area contributed by atoms with Gasteiger partial charge < -0.3 is 5.11 Å². The Morgan fingerprint density at radius 1 is 1.14 bits per heavy atom. The Morgan fingerprint density at radius 3 is 2.62 bits per heavy atom. The van der Waals surface area contributed by atoms with Crippen LogP contribution in [0.4, 0.5) is 10.1 Å². The van der Waals surface area contributed by atoms with E-state index in [0.717, 1.165) is 6.07 Å². The van der Waals surface area contributed by atoms with Gasteiger partial charge in [-0.1, -0.05) is 24.0 Å². The van der Waals surface area contributed by atoms with Crippen LogP contribution < -0.4 is 4.72 Å². The standard InChI is InChI=1S/C15H12FNO3S/c16-13-6-2-7-14(11-13)17-21(19,20)15-8-1-4-12(10-15)5-3-9-18/h1-2,4,6-8,10-11,17-18H,9H2. The van der Waals surface area contributed by atoms with Crippen molar-refractivity contribution in [2.75, 3.05) is 11.3 Å². The molecule has 0 aliphatic heterocycles. The molecule has 2 aromatic rings. The van der Waals surface area contributed by atoms with Crippen molar-refractivity contribution in [3.05, 3.63) is 59.9 Å². The molecule has 21 heavy (non-hydrogen) atoms. The number of rotatable bonds is 3. The summed E-state index contributed by atoms with van der Waals surface area (Å²) in [6.07, 6.45) is 0. The molecule has 0 heterocycles. The minimum Gasteiger partial charge on any atom is -0.384 e. The molecule has 0 amide bonds. The first kappa shape index (κ1) is 15.0. The van der Waals surface area contributed by atoms with E-state index in [0.29, 0.717) is 5.56 Å². The molecule has 2 aromatic carbocycles. The number of sulfonamides is 1. The second-order valence-electron chi connectivity index (χ2n) is 4.10. The third kappa shape index (κ3) is 4.05. The summed E-state index contributed by atoms with van der Waals surface area (Å²) in [5.74, 6) is 4.54. The zero-order valence-electron chi connectivity index (χ0n) is 10.9. The first-order chi connectivity index (χ1) is 10.0. The van der Waals surface area contributed by atoms with Gasteiger partial charge in [-0.3, -0.25) is 4.72 Å². The summed E-state index contributed by atoms with van der Waals surface area (Å²) in [4.78, 5) is 0.0106. The Kier molecular flexibility index (Phi) is 4.58. The highest BCUT2D eigenvalue weighted by molar-refractivity contribution is 7.92. The molecule has 2 N–H and O–H groups in total. The normalized spacial score (nSPS) is 10.6. The summed E-state index contributed by atoms with van der Waals surface area (Å²) in [5.41, 5.74) is 0.605. The Labute approximate surface area is 122 Å². The van der Waals surface area contributed by atoms with Gasteiger partial charge in [0.05, 0.1) is 10.6 Å². The summed E-state index contributed by atoms with van der Waals surface area (Å²) in [6, 6.07) is 11.1. The lowest BCUT2D eigenvalue weighted by molar-refractivity contribution is 0.350. The molecule has 0 atom stereocenters. The highest BCUT2D eigenvalue weighted by Gasteiger charge is 2.14. The smallest absolute Gasteiger partial charge is 0.261 e. The highest BCUT2D eigenvalue weighted by Crippen LogP contribution is 2.17. The molecule has 108 valence electrons. The number of anilines is 1. The van der Waals surface area contributed by atoms with Crippen molar-refractivity contribution in [2.45, 2.75) is 4.90 Å². The van der Waals surface area contributed by atoms with Gasteiger partial charge in [0.1, 0.15) is 12.4 Å². The van der Waals surface area contributed by atoms with Gasteiger partial charge in [-0.05, 0) is 36.4 Å². The minimum absolute atomic E-state index is 0.0106.